The molecular formula is C9H13N3S. The molecule has 1 heterocycles. The van der Waals surface area contributed by atoms with Crippen LogP contribution in [0, 0.1) is 12.3 Å². The second-order valence-corrected chi connectivity index (χ2v) is 3.99. The third kappa shape index (κ3) is 3.03. The van der Waals surface area contributed by atoms with Gasteiger partial charge in [-0.3, -0.25) is 0 Å². The number of anilines is 1. The van der Waals surface area contributed by atoms with Gasteiger partial charge in [0.2, 0.25) is 5.13 Å². The van der Waals surface area contributed by atoms with E-state index in [2.05, 4.69) is 35.3 Å². The Morgan fingerprint density at radius 2 is 2.31 bits per heavy atom. The molecule has 0 aliphatic carbocycles. The van der Waals surface area contributed by atoms with Gasteiger partial charge in [-0.05, 0) is 0 Å². The van der Waals surface area contributed by atoms with E-state index in [1.165, 1.54) is 0 Å². The molecule has 0 unspecified atom stereocenters. The number of terminal acetylenes is 1. The lowest BCUT2D eigenvalue weighted by Crippen LogP contribution is -1.99. The van der Waals surface area contributed by atoms with Crippen molar-refractivity contribution in [2.45, 2.75) is 26.2 Å². The van der Waals surface area contributed by atoms with E-state index >= 15 is 0 Å². The predicted molar refractivity (Wildman–Crippen MR) is 55.9 cm³/mol. The standard InChI is InChI=1S/C9H13N3S/c1-4-5-6-10-9-12-11-8(13-9)7(2)3/h1,7H,5-6H2,2-3H3,(H,10,12). The van der Waals surface area contributed by atoms with Crippen LogP contribution in [0.15, 0.2) is 0 Å². The fourth-order valence-corrected chi connectivity index (χ4v) is 1.55. The molecule has 3 nitrogen and oxygen atoms in total. The molecule has 0 aliphatic heterocycles. The maximum absolute atomic E-state index is 5.12. The monoisotopic (exact) mass is 195 g/mol. The third-order valence-electron chi connectivity index (χ3n) is 1.48. The number of nitrogens with one attached hydrogen (secondary N) is 1. The summed E-state index contributed by atoms with van der Waals surface area (Å²) < 4.78 is 0. The molecule has 0 aliphatic rings. The highest BCUT2D eigenvalue weighted by atomic mass is 32.1. The Balaban J connectivity index is 2.45. The molecule has 0 bridgehead atoms. The van der Waals surface area contributed by atoms with Gasteiger partial charge in [-0.25, -0.2) is 0 Å². The second-order valence-electron chi connectivity index (χ2n) is 2.98. The van der Waals surface area contributed by atoms with E-state index in [4.69, 9.17) is 6.42 Å². The molecule has 1 aromatic rings. The van der Waals surface area contributed by atoms with Crippen molar-refractivity contribution in [3.05, 3.63) is 5.01 Å². The molecule has 0 radical (unpaired) electrons. The third-order valence-corrected chi connectivity index (χ3v) is 2.66. The largest absolute Gasteiger partial charge is 0.359 e. The molecule has 0 saturated carbocycles. The fraction of sp³-hybridized carbons (Fsp3) is 0.556. The van der Waals surface area contributed by atoms with Crippen LogP contribution in [0.3, 0.4) is 0 Å². The van der Waals surface area contributed by atoms with Crippen LogP contribution in [0.2, 0.25) is 0 Å². The van der Waals surface area contributed by atoms with Crippen LogP contribution < -0.4 is 5.32 Å². The van der Waals surface area contributed by atoms with E-state index in [1.54, 1.807) is 11.3 Å². The first kappa shape index (κ1) is 10.0. The summed E-state index contributed by atoms with van der Waals surface area (Å²) in [5.74, 6) is 3.01. The summed E-state index contributed by atoms with van der Waals surface area (Å²) in [5, 5.41) is 13.1. The Bertz CT molecular complexity index is 298. The maximum atomic E-state index is 5.12. The molecule has 0 aromatic carbocycles. The fourth-order valence-electron chi connectivity index (χ4n) is 0.781. The van der Waals surface area contributed by atoms with Crippen LogP contribution in [0.1, 0.15) is 31.2 Å². The summed E-state index contributed by atoms with van der Waals surface area (Å²) in [6.45, 7) is 4.97. The van der Waals surface area contributed by atoms with Crippen LogP contribution in [0.4, 0.5) is 5.13 Å². The van der Waals surface area contributed by atoms with Crippen molar-refractivity contribution in [3.63, 3.8) is 0 Å². The highest BCUT2D eigenvalue weighted by molar-refractivity contribution is 7.15. The lowest BCUT2D eigenvalue weighted by Gasteiger charge is -1.96. The van der Waals surface area contributed by atoms with Gasteiger partial charge in [-0.1, -0.05) is 25.2 Å². The maximum Gasteiger partial charge on any atom is 0.205 e. The van der Waals surface area contributed by atoms with Crippen molar-refractivity contribution < 1.29 is 0 Å². The summed E-state index contributed by atoms with van der Waals surface area (Å²) in [7, 11) is 0. The van der Waals surface area contributed by atoms with Gasteiger partial charge < -0.3 is 5.32 Å². The molecule has 0 spiro atoms. The van der Waals surface area contributed by atoms with Gasteiger partial charge in [-0.15, -0.1) is 22.5 Å². The molecule has 1 N–H and O–H groups in total. The van der Waals surface area contributed by atoms with Crippen molar-refractivity contribution >= 4 is 16.5 Å². The zero-order chi connectivity index (χ0) is 9.68. The SMILES string of the molecule is C#CCCNc1nnc(C(C)C)s1. The van der Waals surface area contributed by atoms with Crippen LogP contribution in [-0.4, -0.2) is 16.7 Å². The van der Waals surface area contributed by atoms with Crippen molar-refractivity contribution in [1.29, 1.82) is 0 Å². The summed E-state index contributed by atoms with van der Waals surface area (Å²) in [6.07, 6.45) is 5.84. The lowest BCUT2D eigenvalue weighted by atomic mass is 10.2. The average molecular weight is 195 g/mol. The topological polar surface area (TPSA) is 37.8 Å². The number of nitrogens with zero attached hydrogens (tertiary/aromatic N) is 2. The smallest absolute Gasteiger partial charge is 0.205 e. The van der Waals surface area contributed by atoms with Crippen molar-refractivity contribution in [2.24, 2.45) is 0 Å². The molecule has 4 heteroatoms. The molecule has 0 amide bonds. The summed E-state index contributed by atoms with van der Waals surface area (Å²) in [4.78, 5) is 0. The molecule has 70 valence electrons. The predicted octanol–water partition coefficient (Wildman–Crippen LogP) is 2.10. The van der Waals surface area contributed by atoms with Crippen LogP contribution >= 0.6 is 11.3 Å². The highest BCUT2D eigenvalue weighted by Gasteiger charge is 2.06. The van der Waals surface area contributed by atoms with E-state index in [-0.39, 0.29) is 0 Å². The van der Waals surface area contributed by atoms with Crippen LogP contribution in [0.5, 0.6) is 0 Å². The normalized spacial score (nSPS) is 10.0. The van der Waals surface area contributed by atoms with Gasteiger partial charge in [-0.2, -0.15) is 0 Å². The Kier molecular flexibility index (Phi) is 3.71. The second kappa shape index (κ2) is 4.83. The number of rotatable bonds is 4. The first-order chi connectivity index (χ1) is 6.24. The zero-order valence-corrected chi connectivity index (χ0v) is 8.69. The van der Waals surface area contributed by atoms with Crippen molar-refractivity contribution in [2.75, 3.05) is 11.9 Å². The Labute approximate surface area is 82.6 Å². The molecule has 1 aromatic heterocycles. The minimum Gasteiger partial charge on any atom is -0.359 e. The first-order valence-corrected chi connectivity index (χ1v) is 5.06. The summed E-state index contributed by atoms with van der Waals surface area (Å²) >= 11 is 1.59. The van der Waals surface area contributed by atoms with Crippen LogP contribution in [-0.2, 0) is 0 Å². The van der Waals surface area contributed by atoms with Gasteiger partial charge in [0.25, 0.3) is 0 Å². The van der Waals surface area contributed by atoms with Crippen LogP contribution in [0.25, 0.3) is 0 Å². The molecule has 0 saturated heterocycles. The first-order valence-electron chi connectivity index (χ1n) is 4.24. The van der Waals surface area contributed by atoms with Gasteiger partial charge in [0.05, 0.1) is 0 Å². The number of hydrogen-bond acceptors (Lipinski definition) is 4. The average Bonchev–Trinajstić information content (AvgIpc) is 2.53. The minimum absolute atomic E-state index is 0.445. The highest BCUT2D eigenvalue weighted by Crippen LogP contribution is 2.21. The Morgan fingerprint density at radius 1 is 1.54 bits per heavy atom. The van der Waals surface area contributed by atoms with E-state index in [0.29, 0.717) is 5.92 Å². The molecule has 0 fully saturated rings. The minimum atomic E-state index is 0.445. The van der Waals surface area contributed by atoms with Crippen molar-refractivity contribution in [1.82, 2.24) is 10.2 Å². The number of aromatic nitrogens is 2. The van der Waals surface area contributed by atoms with E-state index in [0.717, 1.165) is 23.1 Å². The molecule has 1 rings (SSSR count). The molecular weight excluding hydrogens is 182 g/mol. The number of hydrogen-bond donors (Lipinski definition) is 1. The lowest BCUT2D eigenvalue weighted by molar-refractivity contribution is 0.824. The van der Waals surface area contributed by atoms with Gasteiger partial charge >= 0.3 is 0 Å². The van der Waals surface area contributed by atoms with Crippen molar-refractivity contribution in [3.8, 4) is 12.3 Å². The van der Waals surface area contributed by atoms with E-state index < -0.39 is 0 Å². The summed E-state index contributed by atoms with van der Waals surface area (Å²) in [5.41, 5.74) is 0. The van der Waals surface area contributed by atoms with Gasteiger partial charge in [0.1, 0.15) is 5.01 Å². The molecule has 0 atom stereocenters. The summed E-state index contributed by atoms with van der Waals surface area (Å²) in [6, 6.07) is 0. The Morgan fingerprint density at radius 3 is 2.85 bits per heavy atom. The quantitative estimate of drug-likeness (QED) is 0.590. The Hall–Kier alpha value is -1.08. The van der Waals surface area contributed by atoms with E-state index in [9.17, 15) is 0 Å². The van der Waals surface area contributed by atoms with Gasteiger partial charge in [0, 0.05) is 18.9 Å². The van der Waals surface area contributed by atoms with E-state index in [1.807, 2.05) is 0 Å². The van der Waals surface area contributed by atoms with Gasteiger partial charge in [0.15, 0.2) is 0 Å². The zero-order valence-electron chi connectivity index (χ0n) is 7.87. The molecule has 13 heavy (non-hydrogen) atoms.